The van der Waals surface area contributed by atoms with Crippen LogP contribution in [0.3, 0.4) is 0 Å². The number of ether oxygens (including phenoxy) is 1. The molecule has 1 saturated heterocycles. The Balaban J connectivity index is 1.89. The molecule has 1 aliphatic carbocycles. The Morgan fingerprint density at radius 2 is 1.73 bits per heavy atom. The number of aliphatic hydroxyl groups excluding tert-OH is 1. The summed E-state index contributed by atoms with van der Waals surface area (Å²) in [5.74, 6) is 0. The average molecular weight is 213 g/mol. The molecule has 0 aromatic rings. The summed E-state index contributed by atoms with van der Waals surface area (Å²) in [6.07, 6.45) is 6.76. The third-order valence-corrected chi connectivity index (χ3v) is 3.98. The maximum Gasteiger partial charge on any atom is 0.0695 e. The fraction of sp³-hybridized carbons (Fsp3) is 1.00. The van der Waals surface area contributed by atoms with Gasteiger partial charge in [-0.15, -0.1) is 0 Å². The van der Waals surface area contributed by atoms with Crippen LogP contribution in [0.4, 0.5) is 0 Å². The van der Waals surface area contributed by atoms with Crippen LogP contribution < -0.4 is 0 Å². The second-order valence-corrected chi connectivity index (χ2v) is 4.93. The Labute approximate surface area is 92.4 Å². The van der Waals surface area contributed by atoms with Crippen molar-refractivity contribution >= 4 is 0 Å². The van der Waals surface area contributed by atoms with E-state index < -0.39 is 0 Å². The van der Waals surface area contributed by atoms with Gasteiger partial charge in [0.25, 0.3) is 0 Å². The minimum Gasteiger partial charge on any atom is -0.391 e. The number of aliphatic hydroxyl groups is 1. The van der Waals surface area contributed by atoms with E-state index in [1.54, 1.807) is 0 Å². The van der Waals surface area contributed by atoms with Gasteiger partial charge in [-0.3, -0.25) is 4.90 Å². The van der Waals surface area contributed by atoms with Gasteiger partial charge in [-0.25, -0.2) is 0 Å². The fourth-order valence-corrected chi connectivity index (χ4v) is 2.93. The summed E-state index contributed by atoms with van der Waals surface area (Å²) >= 11 is 0. The normalized spacial score (nSPS) is 34.6. The summed E-state index contributed by atoms with van der Waals surface area (Å²) in [7, 11) is 2.18. The number of hydrogen-bond donors (Lipinski definition) is 1. The second kappa shape index (κ2) is 5.28. The minimum atomic E-state index is -0.105. The standard InChI is InChI=1S/C12H23NO2/c1-13(10-6-8-15-9-7-10)11-4-2-3-5-12(11)14/h10-12,14H,2-9H2,1H3. The third-order valence-electron chi connectivity index (χ3n) is 3.98. The van der Waals surface area contributed by atoms with Crippen molar-refractivity contribution in [3.63, 3.8) is 0 Å². The van der Waals surface area contributed by atoms with Gasteiger partial charge in [-0.2, -0.15) is 0 Å². The summed E-state index contributed by atoms with van der Waals surface area (Å²) in [5.41, 5.74) is 0. The van der Waals surface area contributed by atoms with Crippen molar-refractivity contribution in [1.82, 2.24) is 4.90 Å². The topological polar surface area (TPSA) is 32.7 Å². The first kappa shape index (κ1) is 11.4. The molecule has 1 heterocycles. The van der Waals surface area contributed by atoms with Gasteiger partial charge in [-0.1, -0.05) is 12.8 Å². The van der Waals surface area contributed by atoms with E-state index in [0.29, 0.717) is 12.1 Å². The molecule has 0 amide bonds. The number of hydrogen-bond acceptors (Lipinski definition) is 3. The maximum absolute atomic E-state index is 10.00. The Morgan fingerprint density at radius 1 is 1.07 bits per heavy atom. The first-order valence-corrected chi connectivity index (χ1v) is 6.27. The molecule has 2 atom stereocenters. The Bertz CT molecular complexity index is 192. The smallest absolute Gasteiger partial charge is 0.0695 e. The molecule has 3 nitrogen and oxygen atoms in total. The molecule has 1 aliphatic heterocycles. The van der Waals surface area contributed by atoms with E-state index in [1.807, 2.05) is 0 Å². The lowest BCUT2D eigenvalue weighted by molar-refractivity contribution is -0.0219. The molecule has 0 spiro atoms. The zero-order valence-corrected chi connectivity index (χ0v) is 9.69. The van der Waals surface area contributed by atoms with Gasteiger partial charge in [0.2, 0.25) is 0 Å². The summed E-state index contributed by atoms with van der Waals surface area (Å²) in [5, 5.41) is 10.00. The molecular formula is C12H23NO2. The van der Waals surface area contributed by atoms with E-state index in [4.69, 9.17) is 4.74 Å². The molecule has 0 aromatic carbocycles. The van der Waals surface area contributed by atoms with Crippen LogP contribution in [0.2, 0.25) is 0 Å². The van der Waals surface area contributed by atoms with Crippen LogP contribution in [0.15, 0.2) is 0 Å². The second-order valence-electron chi connectivity index (χ2n) is 4.93. The highest BCUT2D eigenvalue weighted by Gasteiger charge is 2.31. The third kappa shape index (κ3) is 2.71. The SMILES string of the molecule is CN(C1CCOCC1)C1CCCCC1O. The van der Waals surface area contributed by atoms with Crippen LogP contribution in [-0.4, -0.2) is 48.5 Å². The van der Waals surface area contributed by atoms with Crippen LogP contribution in [0.1, 0.15) is 38.5 Å². The van der Waals surface area contributed by atoms with Crippen LogP contribution >= 0.6 is 0 Å². The summed E-state index contributed by atoms with van der Waals surface area (Å²) in [4.78, 5) is 2.41. The number of rotatable bonds is 2. The molecule has 0 aromatic heterocycles. The van der Waals surface area contributed by atoms with Crippen LogP contribution in [0.25, 0.3) is 0 Å². The lowest BCUT2D eigenvalue weighted by atomic mass is 9.90. The van der Waals surface area contributed by atoms with Crippen molar-refractivity contribution in [3.05, 3.63) is 0 Å². The largest absolute Gasteiger partial charge is 0.391 e. The highest BCUT2D eigenvalue weighted by Crippen LogP contribution is 2.26. The van der Waals surface area contributed by atoms with Gasteiger partial charge < -0.3 is 9.84 Å². The molecule has 15 heavy (non-hydrogen) atoms. The van der Waals surface area contributed by atoms with Crippen molar-refractivity contribution in [2.24, 2.45) is 0 Å². The van der Waals surface area contributed by atoms with Gasteiger partial charge in [0.05, 0.1) is 6.10 Å². The van der Waals surface area contributed by atoms with Crippen molar-refractivity contribution in [3.8, 4) is 0 Å². The lowest BCUT2D eigenvalue weighted by Gasteiger charge is -2.41. The van der Waals surface area contributed by atoms with Gasteiger partial charge in [0.15, 0.2) is 0 Å². The van der Waals surface area contributed by atoms with Crippen LogP contribution in [-0.2, 0) is 4.74 Å². The van der Waals surface area contributed by atoms with Crippen molar-refractivity contribution < 1.29 is 9.84 Å². The predicted molar refractivity (Wildman–Crippen MR) is 59.9 cm³/mol. The lowest BCUT2D eigenvalue weighted by Crippen LogP contribution is -2.49. The molecule has 1 N–H and O–H groups in total. The first-order valence-electron chi connectivity index (χ1n) is 6.27. The molecule has 2 rings (SSSR count). The molecule has 2 aliphatic rings. The minimum absolute atomic E-state index is 0.105. The average Bonchev–Trinajstić information content (AvgIpc) is 2.30. The van der Waals surface area contributed by atoms with E-state index in [9.17, 15) is 5.11 Å². The highest BCUT2D eigenvalue weighted by molar-refractivity contribution is 4.85. The van der Waals surface area contributed by atoms with Gasteiger partial charge >= 0.3 is 0 Å². The summed E-state index contributed by atoms with van der Waals surface area (Å²) in [6.45, 7) is 1.77. The van der Waals surface area contributed by atoms with Gasteiger partial charge in [0.1, 0.15) is 0 Å². The van der Waals surface area contributed by atoms with Crippen LogP contribution in [0.5, 0.6) is 0 Å². The molecule has 0 bridgehead atoms. The Kier molecular flexibility index (Phi) is 4.00. The van der Waals surface area contributed by atoms with Crippen LogP contribution in [0, 0.1) is 0 Å². The van der Waals surface area contributed by atoms with Gasteiger partial charge in [-0.05, 0) is 32.7 Å². The van der Waals surface area contributed by atoms with Crippen molar-refractivity contribution in [2.75, 3.05) is 20.3 Å². The molecular weight excluding hydrogens is 190 g/mol. The molecule has 3 heteroatoms. The number of likely N-dealkylation sites (N-methyl/N-ethyl adjacent to an activating group) is 1. The molecule has 2 fully saturated rings. The quantitative estimate of drug-likeness (QED) is 0.752. The van der Waals surface area contributed by atoms with E-state index >= 15 is 0 Å². The zero-order chi connectivity index (χ0) is 10.7. The molecule has 1 saturated carbocycles. The monoisotopic (exact) mass is 213 g/mol. The maximum atomic E-state index is 10.00. The molecule has 0 radical (unpaired) electrons. The predicted octanol–water partition coefficient (Wildman–Crippen LogP) is 1.40. The first-order chi connectivity index (χ1) is 7.29. The van der Waals surface area contributed by atoms with Crippen molar-refractivity contribution in [1.29, 1.82) is 0 Å². The number of nitrogens with zero attached hydrogens (tertiary/aromatic N) is 1. The summed E-state index contributed by atoms with van der Waals surface area (Å²) < 4.78 is 5.37. The van der Waals surface area contributed by atoms with E-state index in [1.165, 1.54) is 12.8 Å². The fourth-order valence-electron chi connectivity index (χ4n) is 2.93. The molecule has 88 valence electrons. The zero-order valence-electron chi connectivity index (χ0n) is 9.69. The Morgan fingerprint density at radius 3 is 2.40 bits per heavy atom. The van der Waals surface area contributed by atoms with Crippen molar-refractivity contribution in [2.45, 2.75) is 56.7 Å². The van der Waals surface area contributed by atoms with E-state index in [-0.39, 0.29) is 6.10 Å². The van der Waals surface area contributed by atoms with Gasteiger partial charge in [0, 0.05) is 25.3 Å². The molecule has 2 unspecified atom stereocenters. The highest BCUT2D eigenvalue weighted by atomic mass is 16.5. The summed E-state index contributed by atoms with van der Waals surface area (Å²) in [6, 6.07) is 1.01. The Hall–Kier alpha value is -0.120. The van der Waals surface area contributed by atoms with E-state index in [2.05, 4.69) is 11.9 Å². The van der Waals surface area contributed by atoms with E-state index in [0.717, 1.165) is 38.9 Å².